The van der Waals surface area contributed by atoms with Crippen LogP contribution in [0.4, 0.5) is 0 Å². The van der Waals surface area contributed by atoms with Crippen LogP contribution in [0.5, 0.6) is 0 Å². The summed E-state index contributed by atoms with van der Waals surface area (Å²) in [5, 5.41) is 0. The maximum atomic E-state index is 12.6. The number of aryl methyl sites for hydroxylation is 1. The molecule has 1 amide bonds. The normalized spacial score (nSPS) is 19.3. The Kier molecular flexibility index (Phi) is 4.30. The van der Waals surface area contributed by atoms with Gasteiger partial charge in [0.1, 0.15) is 11.5 Å². The van der Waals surface area contributed by atoms with E-state index >= 15 is 0 Å². The van der Waals surface area contributed by atoms with Gasteiger partial charge in [-0.3, -0.25) is 14.6 Å². The number of amides is 1. The topological polar surface area (TPSA) is 50.3 Å². The number of aromatic nitrogens is 1. The molecule has 0 aliphatic carbocycles. The molecule has 4 heteroatoms. The first-order valence-corrected chi connectivity index (χ1v) is 6.81. The first kappa shape index (κ1) is 13.7. The molecule has 1 unspecified atom stereocenters. The third kappa shape index (κ3) is 3.19. The number of carbonyl (C=O) groups excluding carboxylic acids is 2. The Morgan fingerprint density at radius 2 is 2.21 bits per heavy atom. The number of Topliss-reactive ketones (excluding diaryl/α,β-unsaturated/α-hetero) is 1. The summed E-state index contributed by atoms with van der Waals surface area (Å²) in [6, 6.07) is 3.76. The quantitative estimate of drug-likeness (QED) is 0.838. The molecular weight excluding hydrogens is 240 g/mol. The van der Waals surface area contributed by atoms with E-state index in [9.17, 15) is 9.59 Å². The van der Waals surface area contributed by atoms with Gasteiger partial charge in [-0.2, -0.15) is 0 Å². The summed E-state index contributed by atoms with van der Waals surface area (Å²) < 4.78 is 0. The molecular formula is C15H20N2O2. The van der Waals surface area contributed by atoms with E-state index in [4.69, 9.17) is 0 Å². The molecule has 1 aromatic heterocycles. The van der Waals surface area contributed by atoms with Crippen LogP contribution in [-0.2, 0) is 4.79 Å². The number of carbonyl (C=O) groups is 2. The van der Waals surface area contributed by atoms with E-state index < -0.39 is 0 Å². The summed E-state index contributed by atoms with van der Waals surface area (Å²) in [6.45, 7) is 4.21. The van der Waals surface area contributed by atoms with Gasteiger partial charge in [-0.1, -0.05) is 6.07 Å². The molecule has 0 saturated carbocycles. The molecule has 1 aliphatic rings. The van der Waals surface area contributed by atoms with Crippen LogP contribution in [-0.4, -0.2) is 34.2 Å². The van der Waals surface area contributed by atoms with Gasteiger partial charge in [0.15, 0.2) is 0 Å². The van der Waals surface area contributed by atoms with Gasteiger partial charge in [-0.05, 0) is 44.7 Å². The van der Waals surface area contributed by atoms with Crippen LogP contribution in [0.15, 0.2) is 18.3 Å². The van der Waals surface area contributed by atoms with Gasteiger partial charge < -0.3 is 4.90 Å². The van der Waals surface area contributed by atoms with Crippen LogP contribution in [0.25, 0.3) is 0 Å². The molecule has 102 valence electrons. The minimum absolute atomic E-state index is 0.0379. The smallest absolute Gasteiger partial charge is 0.272 e. The highest BCUT2D eigenvalue weighted by atomic mass is 16.2. The van der Waals surface area contributed by atoms with Gasteiger partial charge in [0.25, 0.3) is 5.91 Å². The maximum absolute atomic E-state index is 12.6. The SMILES string of the molecule is CC(=O)CC1CCCCN1C(=O)c1ncccc1C. The summed E-state index contributed by atoms with van der Waals surface area (Å²) in [7, 11) is 0. The second-order valence-electron chi connectivity index (χ2n) is 5.22. The van der Waals surface area contributed by atoms with Crippen molar-refractivity contribution in [2.24, 2.45) is 0 Å². The molecule has 2 heterocycles. The van der Waals surface area contributed by atoms with Gasteiger partial charge in [0, 0.05) is 25.2 Å². The summed E-state index contributed by atoms with van der Waals surface area (Å²) >= 11 is 0. The Morgan fingerprint density at radius 3 is 2.89 bits per heavy atom. The Hall–Kier alpha value is -1.71. The fraction of sp³-hybridized carbons (Fsp3) is 0.533. The van der Waals surface area contributed by atoms with Crippen molar-refractivity contribution in [3.05, 3.63) is 29.6 Å². The van der Waals surface area contributed by atoms with Crippen molar-refractivity contribution in [1.82, 2.24) is 9.88 Å². The zero-order chi connectivity index (χ0) is 13.8. The third-order valence-corrected chi connectivity index (χ3v) is 3.62. The average Bonchev–Trinajstić information content (AvgIpc) is 2.38. The molecule has 4 nitrogen and oxygen atoms in total. The van der Waals surface area contributed by atoms with Crippen LogP contribution >= 0.6 is 0 Å². The Bertz CT molecular complexity index is 485. The predicted molar refractivity (Wildman–Crippen MR) is 72.9 cm³/mol. The molecule has 1 aliphatic heterocycles. The lowest BCUT2D eigenvalue weighted by Gasteiger charge is -2.35. The lowest BCUT2D eigenvalue weighted by Crippen LogP contribution is -2.45. The van der Waals surface area contributed by atoms with E-state index in [0.29, 0.717) is 12.1 Å². The highest BCUT2D eigenvalue weighted by Crippen LogP contribution is 2.22. The monoisotopic (exact) mass is 260 g/mol. The molecule has 2 rings (SSSR count). The molecule has 1 saturated heterocycles. The van der Waals surface area contributed by atoms with Crippen LogP contribution in [0.2, 0.25) is 0 Å². The number of hydrogen-bond donors (Lipinski definition) is 0. The van der Waals surface area contributed by atoms with Crippen molar-refractivity contribution in [3.63, 3.8) is 0 Å². The Labute approximate surface area is 113 Å². The minimum Gasteiger partial charge on any atom is -0.334 e. The number of rotatable bonds is 3. The number of piperidine rings is 1. The van der Waals surface area contributed by atoms with Crippen molar-refractivity contribution in [2.75, 3.05) is 6.54 Å². The van der Waals surface area contributed by atoms with E-state index in [0.717, 1.165) is 31.4 Å². The first-order chi connectivity index (χ1) is 9.09. The van der Waals surface area contributed by atoms with Crippen molar-refractivity contribution in [2.45, 2.75) is 45.6 Å². The fourth-order valence-electron chi connectivity index (χ4n) is 2.66. The van der Waals surface area contributed by atoms with Gasteiger partial charge in [-0.15, -0.1) is 0 Å². The lowest BCUT2D eigenvalue weighted by atomic mass is 9.97. The van der Waals surface area contributed by atoms with Crippen LogP contribution in [0.3, 0.4) is 0 Å². The summed E-state index contributed by atoms with van der Waals surface area (Å²) in [4.78, 5) is 29.9. The molecule has 0 radical (unpaired) electrons. The molecule has 1 aromatic rings. The minimum atomic E-state index is -0.0379. The molecule has 0 bridgehead atoms. The second kappa shape index (κ2) is 5.95. The van der Waals surface area contributed by atoms with Gasteiger partial charge in [0.2, 0.25) is 0 Å². The number of likely N-dealkylation sites (tertiary alicyclic amines) is 1. The molecule has 0 aromatic carbocycles. The number of pyridine rings is 1. The van der Waals surface area contributed by atoms with Gasteiger partial charge in [0.05, 0.1) is 0 Å². The standard InChI is InChI=1S/C15H20N2O2/c1-11-6-5-8-16-14(11)15(19)17-9-4-3-7-13(17)10-12(2)18/h5-6,8,13H,3-4,7,9-10H2,1-2H3. The van der Waals surface area contributed by atoms with Crippen LogP contribution in [0.1, 0.15) is 48.7 Å². The maximum Gasteiger partial charge on any atom is 0.272 e. The van der Waals surface area contributed by atoms with Crippen molar-refractivity contribution >= 4 is 11.7 Å². The van der Waals surface area contributed by atoms with E-state index in [1.54, 1.807) is 13.1 Å². The van der Waals surface area contributed by atoms with Gasteiger partial charge in [-0.25, -0.2) is 0 Å². The number of nitrogens with zero attached hydrogens (tertiary/aromatic N) is 2. The molecule has 19 heavy (non-hydrogen) atoms. The number of ketones is 1. The Balaban J connectivity index is 2.20. The Morgan fingerprint density at radius 1 is 1.42 bits per heavy atom. The van der Waals surface area contributed by atoms with E-state index in [2.05, 4.69) is 4.98 Å². The fourth-order valence-corrected chi connectivity index (χ4v) is 2.66. The lowest BCUT2D eigenvalue weighted by molar-refractivity contribution is -0.118. The van der Waals surface area contributed by atoms with E-state index in [1.807, 2.05) is 24.0 Å². The zero-order valence-electron chi connectivity index (χ0n) is 11.6. The van der Waals surface area contributed by atoms with E-state index in [1.165, 1.54) is 0 Å². The number of hydrogen-bond acceptors (Lipinski definition) is 3. The molecule has 1 atom stereocenters. The van der Waals surface area contributed by atoms with E-state index in [-0.39, 0.29) is 17.7 Å². The summed E-state index contributed by atoms with van der Waals surface area (Å²) in [6.07, 6.45) is 5.11. The van der Waals surface area contributed by atoms with Crippen molar-refractivity contribution in [3.8, 4) is 0 Å². The van der Waals surface area contributed by atoms with Crippen molar-refractivity contribution < 1.29 is 9.59 Å². The van der Waals surface area contributed by atoms with Gasteiger partial charge >= 0.3 is 0 Å². The van der Waals surface area contributed by atoms with Crippen LogP contribution < -0.4 is 0 Å². The predicted octanol–water partition coefficient (Wildman–Crippen LogP) is 2.36. The zero-order valence-corrected chi connectivity index (χ0v) is 11.6. The second-order valence-corrected chi connectivity index (χ2v) is 5.22. The first-order valence-electron chi connectivity index (χ1n) is 6.81. The highest BCUT2D eigenvalue weighted by Gasteiger charge is 2.29. The molecule has 0 spiro atoms. The summed E-state index contributed by atoms with van der Waals surface area (Å²) in [5.41, 5.74) is 1.40. The third-order valence-electron chi connectivity index (χ3n) is 3.62. The van der Waals surface area contributed by atoms with Crippen molar-refractivity contribution in [1.29, 1.82) is 0 Å². The highest BCUT2D eigenvalue weighted by molar-refractivity contribution is 5.94. The largest absolute Gasteiger partial charge is 0.334 e. The van der Waals surface area contributed by atoms with Crippen LogP contribution in [0, 0.1) is 6.92 Å². The molecule has 1 fully saturated rings. The molecule has 0 N–H and O–H groups in total. The summed E-state index contributed by atoms with van der Waals surface area (Å²) in [5.74, 6) is 0.103. The average molecular weight is 260 g/mol.